The molecule has 0 heterocycles. The zero-order valence-electron chi connectivity index (χ0n) is 17.5. The maximum atomic E-state index is 2.30. The smallest absolute Gasteiger partial charge is 0.0623 e. The predicted octanol–water partition coefficient (Wildman–Crippen LogP) is 8.52. The molecule has 25 heavy (non-hydrogen) atoms. The van der Waals surface area contributed by atoms with Gasteiger partial charge in [-0.1, -0.05) is 75.4 Å². The van der Waals surface area contributed by atoms with Gasteiger partial charge in [-0.2, -0.15) is 0 Å². The van der Waals surface area contributed by atoms with Gasteiger partial charge < -0.3 is 0 Å². The molecule has 0 spiro atoms. The van der Waals surface area contributed by atoms with Gasteiger partial charge in [0, 0.05) is 0 Å². The summed E-state index contributed by atoms with van der Waals surface area (Å²) in [6, 6.07) is 12.0. The zero-order chi connectivity index (χ0) is 18.3. The Morgan fingerprint density at radius 1 is 0.400 bits per heavy atom. The molecular weight excluding hydrogens is 311 g/mol. The first-order chi connectivity index (χ1) is 12.4. The van der Waals surface area contributed by atoms with E-state index in [1.807, 2.05) is 36.4 Å². The van der Waals surface area contributed by atoms with Gasteiger partial charge in [0.25, 0.3) is 0 Å². The molecule has 0 unspecified atom stereocenters. The van der Waals surface area contributed by atoms with E-state index >= 15 is 0 Å². The first-order valence-corrected chi connectivity index (χ1v) is 12.8. The quantitative estimate of drug-likeness (QED) is 0.206. The summed E-state index contributed by atoms with van der Waals surface area (Å²) < 4.78 is 1.51. The zero-order valence-corrected chi connectivity index (χ0v) is 19.5. The summed E-state index contributed by atoms with van der Waals surface area (Å²) >= 11 is 1.41. The van der Waals surface area contributed by atoms with Crippen molar-refractivity contribution in [2.24, 2.45) is 0 Å². The monoisotopic (exact) mass is 354 g/mol. The minimum absolute atomic E-state index is 1.38. The van der Waals surface area contributed by atoms with Crippen molar-refractivity contribution in [2.75, 3.05) is 0 Å². The summed E-state index contributed by atoms with van der Waals surface area (Å²) in [5.41, 5.74) is 0. The van der Waals surface area contributed by atoms with Crippen LogP contribution in [0.5, 0.6) is 0 Å². The van der Waals surface area contributed by atoms with Gasteiger partial charge in [-0.25, -0.2) is 0 Å². The molecule has 0 fully saturated rings. The molecule has 0 amide bonds. The Morgan fingerprint density at radius 2 is 0.640 bits per heavy atom. The second-order valence-electron chi connectivity index (χ2n) is 7.46. The van der Waals surface area contributed by atoms with E-state index < -0.39 is 0 Å². The van der Waals surface area contributed by atoms with Crippen molar-refractivity contribution >= 4 is 27.9 Å². The fourth-order valence-electron chi connectivity index (χ4n) is 3.18. The average molecular weight is 355 g/mol. The van der Waals surface area contributed by atoms with Gasteiger partial charge in [0.15, 0.2) is 0 Å². The largest absolute Gasteiger partial charge is 0.0623 e. The van der Waals surface area contributed by atoms with Crippen molar-refractivity contribution in [3.8, 4) is 0 Å². The normalized spacial score (nSPS) is 10.4. The van der Waals surface area contributed by atoms with Crippen LogP contribution in [-0.2, 0) is 0 Å². The molecule has 0 aliphatic heterocycles. The second kappa shape index (κ2) is 24.2. The molecule has 140 valence electrons. The van der Waals surface area contributed by atoms with E-state index in [0.29, 0.717) is 0 Å². The number of benzene rings is 1. The Bertz CT molecular complexity index is 266. The molecule has 0 bridgehead atoms. The number of hydrogen-bond acceptors (Lipinski definition) is 0. The number of hydrogen-bond donors (Lipinski definition) is 0. The molecule has 0 saturated carbocycles. The predicted molar refractivity (Wildman–Crippen MR) is 117 cm³/mol. The summed E-state index contributed by atoms with van der Waals surface area (Å²) in [6.45, 7) is 2.30. The Hall–Kier alpha value is 0.220. The van der Waals surface area contributed by atoms with Crippen LogP contribution in [-0.4, -0.2) is 27.9 Å². The maximum Gasteiger partial charge on any atom is -0.0623 e. The van der Waals surface area contributed by atoms with Gasteiger partial charge >= 0.3 is 102 Å². The van der Waals surface area contributed by atoms with E-state index in [1.165, 1.54) is 134 Å². The first kappa shape index (κ1) is 25.2. The summed E-state index contributed by atoms with van der Waals surface area (Å²) in [5.74, 6) is 0. The Morgan fingerprint density at radius 3 is 0.880 bits per heavy atom. The van der Waals surface area contributed by atoms with Gasteiger partial charge in [0.1, 0.15) is 0 Å². The Kier molecular flexibility index (Phi) is 24.4. The maximum absolute atomic E-state index is 2.30. The van der Waals surface area contributed by atoms with Crippen LogP contribution in [0.2, 0.25) is 3.67 Å². The Balaban J connectivity index is 0.000000796. The standard InChI is InChI=1S/C18H37.C6H6.Na/c1-3-5-7-9-11-13-15-17-18-16-14-12-10-8-6-4-2;1-2-4-6-5-3-1;/h1,3-18H2,2H3;1-6H;. The van der Waals surface area contributed by atoms with Crippen LogP contribution in [0.25, 0.3) is 0 Å². The van der Waals surface area contributed by atoms with E-state index in [9.17, 15) is 0 Å². The van der Waals surface area contributed by atoms with Crippen molar-refractivity contribution in [1.29, 1.82) is 0 Å². The summed E-state index contributed by atoms with van der Waals surface area (Å²) in [6.07, 6.45) is 23.7. The van der Waals surface area contributed by atoms with Crippen LogP contribution in [0, 0.1) is 0 Å². The van der Waals surface area contributed by atoms with Gasteiger partial charge in [-0.05, 0) is 0 Å². The molecule has 1 rings (SSSR count). The third kappa shape index (κ3) is 24.2. The minimum Gasteiger partial charge on any atom is -0.0623 e. The third-order valence-corrected chi connectivity index (χ3v) is 5.58. The van der Waals surface area contributed by atoms with Gasteiger partial charge in [0.2, 0.25) is 0 Å². The molecule has 0 atom stereocenters. The molecule has 0 radical (unpaired) electrons. The molecule has 0 aliphatic carbocycles. The molecular formula is C24H43Na. The minimum atomic E-state index is 1.38. The van der Waals surface area contributed by atoms with Gasteiger partial charge in [-0.15, -0.1) is 0 Å². The summed E-state index contributed by atoms with van der Waals surface area (Å²) in [5, 5.41) is 0. The average Bonchev–Trinajstić information content (AvgIpc) is 2.67. The van der Waals surface area contributed by atoms with Crippen molar-refractivity contribution in [3.05, 3.63) is 36.4 Å². The second-order valence-corrected chi connectivity index (χ2v) is 8.46. The van der Waals surface area contributed by atoms with E-state index in [1.54, 1.807) is 0 Å². The topological polar surface area (TPSA) is 0 Å². The van der Waals surface area contributed by atoms with Crippen molar-refractivity contribution in [2.45, 2.75) is 113 Å². The molecule has 1 aromatic carbocycles. The molecule has 0 saturated heterocycles. The van der Waals surface area contributed by atoms with Crippen LogP contribution < -0.4 is 0 Å². The van der Waals surface area contributed by atoms with Crippen LogP contribution in [0.4, 0.5) is 0 Å². The van der Waals surface area contributed by atoms with Crippen LogP contribution >= 0.6 is 0 Å². The summed E-state index contributed by atoms with van der Waals surface area (Å²) in [7, 11) is 0. The fourth-order valence-corrected chi connectivity index (χ4v) is 3.68. The fraction of sp³-hybridized carbons (Fsp3) is 0.750. The van der Waals surface area contributed by atoms with Crippen LogP contribution in [0.1, 0.15) is 110 Å². The molecule has 1 heteroatoms. The molecule has 0 N–H and O–H groups in total. The Labute approximate surface area is 177 Å². The summed E-state index contributed by atoms with van der Waals surface area (Å²) in [4.78, 5) is 0. The van der Waals surface area contributed by atoms with Crippen LogP contribution in [0.3, 0.4) is 0 Å². The molecule has 0 aromatic heterocycles. The number of unbranched alkanes of at least 4 members (excludes halogenated alkanes) is 15. The van der Waals surface area contributed by atoms with Crippen molar-refractivity contribution < 1.29 is 0 Å². The van der Waals surface area contributed by atoms with Crippen molar-refractivity contribution in [3.63, 3.8) is 0 Å². The van der Waals surface area contributed by atoms with E-state index in [-0.39, 0.29) is 0 Å². The van der Waals surface area contributed by atoms with Gasteiger partial charge in [0.05, 0.1) is 0 Å². The van der Waals surface area contributed by atoms with Crippen molar-refractivity contribution in [1.82, 2.24) is 0 Å². The van der Waals surface area contributed by atoms with Crippen LogP contribution in [0.15, 0.2) is 36.4 Å². The molecule has 0 aliphatic rings. The van der Waals surface area contributed by atoms with E-state index in [2.05, 4.69) is 6.92 Å². The van der Waals surface area contributed by atoms with Gasteiger partial charge in [-0.3, -0.25) is 0 Å². The molecule has 1 aromatic rings. The third-order valence-electron chi connectivity index (χ3n) is 4.87. The number of rotatable bonds is 16. The SMILES string of the molecule is CCCCCCCCCCCCCCCCC[CH2][Na].c1ccccc1. The molecule has 0 nitrogen and oxygen atoms in total. The van der Waals surface area contributed by atoms with E-state index in [4.69, 9.17) is 0 Å². The first-order valence-electron chi connectivity index (χ1n) is 11.4. The van der Waals surface area contributed by atoms with E-state index in [0.717, 1.165) is 0 Å².